The highest BCUT2D eigenvalue weighted by atomic mass is 14.9. The number of hydrogen-bond acceptors (Lipinski definition) is 0. The molecule has 2 nitrogen and oxygen atoms in total. The van der Waals surface area contributed by atoms with E-state index >= 15 is 0 Å². The van der Waals surface area contributed by atoms with Crippen LogP contribution in [0.25, 0.3) is 5.53 Å². The van der Waals surface area contributed by atoms with Crippen molar-refractivity contribution in [3.63, 3.8) is 0 Å². The second-order valence-electron chi connectivity index (χ2n) is 3.51. The fourth-order valence-corrected chi connectivity index (χ4v) is 1.54. The molecule has 0 unspecified atom stereocenters. The molecule has 2 aromatic carbocycles. The Morgan fingerprint density at radius 3 is 2.00 bits per heavy atom. The van der Waals surface area contributed by atoms with E-state index in [0.29, 0.717) is 5.71 Å². The van der Waals surface area contributed by atoms with Gasteiger partial charge in [0.1, 0.15) is 0 Å². The van der Waals surface area contributed by atoms with Crippen molar-refractivity contribution in [2.24, 2.45) is 0 Å². The minimum atomic E-state index is 0.570. The highest BCUT2D eigenvalue weighted by Gasteiger charge is 2.13. The van der Waals surface area contributed by atoms with Crippen molar-refractivity contribution in [1.82, 2.24) is 0 Å². The summed E-state index contributed by atoms with van der Waals surface area (Å²) in [4.78, 5) is 3.35. The van der Waals surface area contributed by atoms with Crippen molar-refractivity contribution in [2.75, 3.05) is 0 Å². The summed E-state index contributed by atoms with van der Waals surface area (Å²) in [6.45, 7) is 3.82. The minimum absolute atomic E-state index is 0.570. The van der Waals surface area contributed by atoms with Gasteiger partial charge in [0.05, 0.1) is 11.1 Å². The van der Waals surface area contributed by atoms with Crippen LogP contribution < -0.4 is 0 Å². The summed E-state index contributed by atoms with van der Waals surface area (Å²) in [5.74, 6) is 0. The standard InChI is InChI=1S/C14H11N2/c1-11-7-9-13(10-8-11)14(16-15)12-5-3-2-4-6-12/h2-10H,1H2. The highest BCUT2D eigenvalue weighted by Crippen LogP contribution is 2.09. The Hall–Kier alpha value is -2.18. The van der Waals surface area contributed by atoms with Gasteiger partial charge in [-0.05, 0) is 36.8 Å². The van der Waals surface area contributed by atoms with Gasteiger partial charge in [-0.1, -0.05) is 30.3 Å². The Balaban J connectivity index is 2.46. The van der Waals surface area contributed by atoms with Gasteiger partial charge in [0.2, 0.25) is 0 Å². The summed E-state index contributed by atoms with van der Waals surface area (Å²) in [6, 6.07) is 17.1. The van der Waals surface area contributed by atoms with Crippen LogP contribution in [-0.2, 0) is 0 Å². The third-order valence-electron chi connectivity index (χ3n) is 2.37. The largest absolute Gasteiger partial charge is 0.361 e. The second-order valence-corrected chi connectivity index (χ2v) is 3.51. The van der Waals surface area contributed by atoms with E-state index < -0.39 is 0 Å². The zero-order chi connectivity index (χ0) is 11.4. The Morgan fingerprint density at radius 1 is 0.875 bits per heavy atom. The summed E-state index contributed by atoms with van der Waals surface area (Å²) in [7, 11) is 0. The molecule has 0 aliphatic rings. The predicted octanol–water partition coefficient (Wildman–Crippen LogP) is 2.94. The third kappa shape index (κ3) is 2.08. The van der Waals surface area contributed by atoms with Crippen molar-refractivity contribution in [2.45, 2.75) is 0 Å². The third-order valence-corrected chi connectivity index (χ3v) is 2.37. The van der Waals surface area contributed by atoms with Crippen molar-refractivity contribution < 1.29 is 4.79 Å². The molecule has 0 saturated carbocycles. The summed E-state index contributed by atoms with van der Waals surface area (Å²) in [5.41, 5.74) is 12.4. The maximum Gasteiger partial charge on any atom is 0.329 e. The van der Waals surface area contributed by atoms with Crippen LogP contribution >= 0.6 is 0 Å². The van der Waals surface area contributed by atoms with Crippen LogP contribution in [0, 0.1) is 6.92 Å². The fraction of sp³-hybridized carbons (Fsp3) is 0. The van der Waals surface area contributed by atoms with Gasteiger partial charge in [-0.3, -0.25) is 0 Å². The molecule has 0 aliphatic heterocycles. The number of benzene rings is 2. The van der Waals surface area contributed by atoms with E-state index in [1.807, 2.05) is 54.6 Å². The van der Waals surface area contributed by atoms with E-state index in [0.717, 1.165) is 16.7 Å². The number of nitrogens with zero attached hydrogens (tertiary/aromatic N) is 2. The minimum Gasteiger partial charge on any atom is -0.361 e. The molecule has 0 N–H and O–H groups in total. The Labute approximate surface area is 94.8 Å². The summed E-state index contributed by atoms with van der Waals surface area (Å²) in [6.07, 6.45) is 0. The molecule has 2 heteroatoms. The molecule has 2 aromatic rings. The van der Waals surface area contributed by atoms with Crippen molar-refractivity contribution >= 4 is 5.71 Å². The van der Waals surface area contributed by atoms with Crippen molar-refractivity contribution in [3.05, 3.63) is 83.7 Å². The van der Waals surface area contributed by atoms with Crippen molar-refractivity contribution in [3.8, 4) is 0 Å². The van der Waals surface area contributed by atoms with E-state index in [9.17, 15) is 0 Å². The fourth-order valence-electron chi connectivity index (χ4n) is 1.54. The normalized spacial score (nSPS) is 9.56. The average molecular weight is 207 g/mol. The first-order valence-electron chi connectivity index (χ1n) is 5.01. The van der Waals surface area contributed by atoms with Crippen LogP contribution in [0.2, 0.25) is 0 Å². The van der Waals surface area contributed by atoms with Gasteiger partial charge < -0.3 is 5.53 Å². The van der Waals surface area contributed by atoms with E-state index in [1.165, 1.54) is 0 Å². The van der Waals surface area contributed by atoms with Crippen LogP contribution in [0.4, 0.5) is 0 Å². The van der Waals surface area contributed by atoms with Gasteiger partial charge in [-0.15, -0.1) is 0 Å². The molecule has 0 amide bonds. The molecular formula is C14H11N2. The zero-order valence-electron chi connectivity index (χ0n) is 8.80. The first-order valence-corrected chi connectivity index (χ1v) is 5.01. The van der Waals surface area contributed by atoms with Gasteiger partial charge in [0, 0.05) is 0 Å². The predicted molar refractivity (Wildman–Crippen MR) is 64.2 cm³/mol. The van der Waals surface area contributed by atoms with E-state index in [1.54, 1.807) is 0 Å². The van der Waals surface area contributed by atoms with Crippen LogP contribution in [0.1, 0.15) is 16.7 Å². The molecule has 0 atom stereocenters. The van der Waals surface area contributed by atoms with E-state index in [2.05, 4.69) is 11.7 Å². The number of hydrogen-bond donors (Lipinski definition) is 0. The van der Waals surface area contributed by atoms with Crippen molar-refractivity contribution in [1.29, 1.82) is 0 Å². The van der Waals surface area contributed by atoms with E-state index in [4.69, 9.17) is 5.53 Å². The lowest BCUT2D eigenvalue weighted by atomic mass is 10.0. The molecule has 0 heterocycles. The Morgan fingerprint density at radius 2 is 1.44 bits per heavy atom. The molecule has 0 bridgehead atoms. The van der Waals surface area contributed by atoms with Gasteiger partial charge >= 0.3 is 5.71 Å². The van der Waals surface area contributed by atoms with E-state index in [-0.39, 0.29) is 0 Å². The quantitative estimate of drug-likeness (QED) is 0.412. The molecule has 16 heavy (non-hydrogen) atoms. The molecule has 0 fully saturated rings. The number of rotatable bonds is 2. The van der Waals surface area contributed by atoms with Crippen LogP contribution in [0.5, 0.6) is 0 Å². The summed E-state index contributed by atoms with van der Waals surface area (Å²) >= 11 is 0. The van der Waals surface area contributed by atoms with Gasteiger partial charge in [-0.25, -0.2) is 0 Å². The SMILES string of the molecule is [CH2]c1ccc(C(=[N+]=[N-])c2ccccc2)cc1. The lowest BCUT2D eigenvalue weighted by molar-refractivity contribution is -0.00279. The van der Waals surface area contributed by atoms with Gasteiger partial charge in [-0.2, -0.15) is 4.79 Å². The van der Waals surface area contributed by atoms with Crippen LogP contribution in [0.15, 0.2) is 54.6 Å². The van der Waals surface area contributed by atoms with Gasteiger partial charge in [0.15, 0.2) is 0 Å². The summed E-state index contributed by atoms with van der Waals surface area (Å²) < 4.78 is 0. The molecular weight excluding hydrogens is 196 g/mol. The first-order chi connectivity index (χ1) is 7.81. The summed E-state index contributed by atoms with van der Waals surface area (Å²) in [5, 5.41) is 0. The Kier molecular flexibility index (Phi) is 2.95. The Bertz CT molecular complexity index is 520. The first kappa shape index (κ1) is 10.3. The monoisotopic (exact) mass is 207 g/mol. The zero-order valence-corrected chi connectivity index (χ0v) is 8.80. The molecule has 0 aromatic heterocycles. The smallest absolute Gasteiger partial charge is 0.329 e. The molecule has 2 rings (SSSR count). The average Bonchev–Trinajstić information content (AvgIpc) is 2.34. The maximum absolute atomic E-state index is 9.07. The lowest BCUT2D eigenvalue weighted by Gasteiger charge is -1.97. The topological polar surface area (TPSA) is 36.4 Å². The van der Waals surface area contributed by atoms with Crippen LogP contribution in [-0.4, -0.2) is 10.5 Å². The molecule has 0 saturated heterocycles. The highest BCUT2D eigenvalue weighted by molar-refractivity contribution is 6.09. The second kappa shape index (κ2) is 4.56. The van der Waals surface area contributed by atoms with Gasteiger partial charge in [0.25, 0.3) is 0 Å². The van der Waals surface area contributed by atoms with Crippen LogP contribution in [0.3, 0.4) is 0 Å². The molecule has 0 spiro atoms. The maximum atomic E-state index is 9.07. The molecule has 0 aliphatic carbocycles. The molecule has 77 valence electrons. The molecule has 1 radical (unpaired) electrons. The lowest BCUT2D eigenvalue weighted by Crippen LogP contribution is -2.03.